The summed E-state index contributed by atoms with van der Waals surface area (Å²) in [5.41, 5.74) is 1.34. The molecule has 0 bridgehead atoms. The lowest BCUT2D eigenvalue weighted by atomic mass is 10.3. The molecule has 0 aliphatic rings. The van der Waals surface area contributed by atoms with Crippen molar-refractivity contribution in [2.24, 2.45) is 0 Å². The van der Waals surface area contributed by atoms with E-state index in [0.29, 0.717) is 6.42 Å². The Kier molecular flexibility index (Phi) is 7.54. The average molecular weight is 225 g/mol. The highest BCUT2D eigenvalue weighted by molar-refractivity contribution is 6.27. The Morgan fingerprint density at radius 2 is 2.31 bits per heavy atom. The molecule has 74 valence electrons. The third kappa shape index (κ3) is 9.24. The minimum atomic E-state index is -1.01. The minimum Gasteiger partial charge on any atom is -0.490 e. The lowest BCUT2D eigenvalue weighted by Crippen LogP contribution is -2.02. The largest absolute Gasteiger partial charge is 0.490 e. The van der Waals surface area contributed by atoms with Gasteiger partial charge in [0.25, 0.3) is 0 Å². The summed E-state index contributed by atoms with van der Waals surface area (Å²) < 4.78 is 4.63. The molecule has 5 heteroatoms. The number of alkyl halides is 1. The van der Waals surface area contributed by atoms with E-state index >= 15 is 0 Å². The molecule has 13 heavy (non-hydrogen) atoms. The molecule has 1 N–H and O–H groups in total. The maximum Gasteiger partial charge on any atom is 0.341 e. The summed E-state index contributed by atoms with van der Waals surface area (Å²) >= 11 is 11.0. The Morgan fingerprint density at radius 1 is 1.62 bits per heavy atom. The number of allylic oxidation sites excluding steroid dienone is 2. The number of hydrogen-bond donors (Lipinski definition) is 1. The van der Waals surface area contributed by atoms with Crippen LogP contribution in [0.1, 0.15) is 6.42 Å². The summed E-state index contributed by atoms with van der Waals surface area (Å²) in [4.78, 5) is 9.99. The molecule has 0 radical (unpaired) electrons. The van der Waals surface area contributed by atoms with E-state index in [1.54, 1.807) is 12.2 Å². The van der Waals surface area contributed by atoms with E-state index < -0.39 is 5.97 Å². The van der Waals surface area contributed by atoms with Gasteiger partial charge in [-0.2, -0.15) is 0 Å². The molecule has 0 aromatic rings. The van der Waals surface area contributed by atoms with Gasteiger partial charge >= 0.3 is 5.97 Å². The van der Waals surface area contributed by atoms with Crippen LogP contribution >= 0.6 is 23.2 Å². The van der Waals surface area contributed by atoms with Crippen molar-refractivity contribution in [2.75, 3.05) is 6.61 Å². The van der Waals surface area contributed by atoms with Gasteiger partial charge in [0.2, 0.25) is 0 Å². The zero-order valence-electron chi connectivity index (χ0n) is 6.82. The second kappa shape index (κ2) is 7.95. The third-order valence-electron chi connectivity index (χ3n) is 1.04. The van der Waals surface area contributed by atoms with Crippen molar-refractivity contribution in [1.29, 1.82) is 0 Å². The van der Waals surface area contributed by atoms with E-state index in [1.807, 2.05) is 0 Å². The smallest absolute Gasteiger partial charge is 0.341 e. The Hall–Kier alpha value is -0.670. The van der Waals surface area contributed by atoms with Crippen molar-refractivity contribution in [3.05, 3.63) is 23.9 Å². The molecule has 0 aliphatic carbocycles. The maximum absolute atomic E-state index is 9.99. The molecule has 0 spiro atoms. The lowest BCUT2D eigenvalue weighted by Gasteiger charge is -1.97. The molecule has 0 aliphatic heterocycles. The lowest BCUT2D eigenvalue weighted by molar-refractivity contribution is -0.140. The van der Waals surface area contributed by atoms with Crippen molar-refractivity contribution in [2.45, 2.75) is 11.8 Å². The third-order valence-corrected chi connectivity index (χ3v) is 1.51. The topological polar surface area (TPSA) is 46.5 Å². The number of ether oxygens (including phenoxy) is 1. The minimum absolute atomic E-state index is 0.192. The summed E-state index contributed by atoms with van der Waals surface area (Å²) in [6, 6.07) is 0. The fourth-order valence-corrected chi connectivity index (χ4v) is 0.956. The first-order valence-corrected chi connectivity index (χ1v) is 4.43. The van der Waals surface area contributed by atoms with Crippen LogP contribution in [-0.4, -0.2) is 23.1 Å². The van der Waals surface area contributed by atoms with Gasteiger partial charge in [0.05, 0.1) is 11.6 Å². The van der Waals surface area contributed by atoms with Gasteiger partial charge in [0.15, 0.2) is 6.61 Å². The summed E-state index contributed by atoms with van der Waals surface area (Å²) in [7, 11) is 0. The monoisotopic (exact) mass is 224 g/mol. The number of halogens is 2. The normalized spacial score (nSPS) is 13.7. The molecule has 0 saturated carbocycles. The number of carbonyl (C=O) groups is 1. The zero-order chi connectivity index (χ0) is 10.1. The Morgan fingerprint density at radius 3 is 2.85 bits per heavy atom. The van der Waals surface area contributed by atoms with Crippen LogP contribution in [0.25, 0.3) is 0 Å². The molecule has 0 amide bonds. The van der Waals surface area contributed by atoms with Crippen LogP contribution in [0.5, 0.6) is 0 Å². The summed E-state index contributed by atoms with van der Waals surface area (Å²) in [6.07, 6.45) is 5.11. The molecule has 0 rings (SSSR count). The molecule has 3 nitrogen and oxygen atoms in total. The molecular formula is C8H10Cl2O3. The number of carboxylic acids is 1. The summed E-state index contributed by atoms with van der Waals surface area (Å²) in [5.74, 6) is -1.01. The second-order valence-corrected chi connectivity index (χ2v) is 2.96. The molecule has 0 aromatic heterocycles. The van der Waals surface area contributed by atoms with Crippen LogP contribution in [-0.2, 0) is 9.53 Å². The number of rotatable bonds is 6. The molecule has 1 unspecified atom stereocenters. The number of carboxylic acid groups (broad SMARTS) is 1. The average Bonchev–Trinajstić information content (AvgIpc) is 2.03. The van der Waals surface area contributed by atoms with Gasteiger partial charge in [-0.1, -0.05) is 17.7 Å². The predicted octanol–water partition coefficient (Wildman–Crippen LogP) is 2.35. The van der Waals surface area contributed by atoms with Crippen molar-refractivity contribution in [3.8, 4) is 0 Å². The van der Waals surface area contributed by atoms with Gasteiger partial charge in [-0.15, -0.1) is 11.6 Å². The molecule has 1 atom stereocenters. The Bertz CT molecular complexity index is 202. The van der Waals surface area contributed by atoms with E-state index in [-0.39, 0.29) is 12.0 Å². The predicted molar refractivity (Wildman–Crippen MR) is 52.0 cm³/mol. The quantitative estimate of drug-likeness (QED) is 0.557. The zero-order valence-corrected chi connectivity index (χ0v) is 8.33. The van der Waals surface area contributed by atoms with Gasteiger partial charge in [-0.3, -0.25) is 0 Å². The van der Waals surface area contributed by atoms with Crippen molar-refractivity contribution in [1.82, 2.24) is 0 Å². The van der Waals surface area contributed by atoms with E-state index in [9.17, 15) is 4.79 Å². The molecule has 0 aromatic carbocycles. The fraction of sp³-hybridized carbons (Fsp3) is 0.375. The molecular weight excluding hydrogens is 215 g/mol. The van der Waals surface area contributed by atoms with Crippen LogP contribution in [0, 0.1) is 0 Å². The van der Waals surface area contributed by atoms with E-state index in [0.717, 1.165) is 0 Å². The molecule has 0 saturated heterocycles. The number of hydrogen-bond acceptors (Lipinski definition) is 2. The fourth-order valence-electron chi connectivity index (χ4n) is 0.530. The highest BCUT2D eigenvalue weighted by Gasteiger charge is 1.95. The van der Waals surface area contributed by atoms with Crippen LogP contribution < -0.4 is 0 Å². The highest BCUT2D eigenvalue weighted by Crippen LogP contribution is 2.05. The highest BCUT2D eigenvalue weighted by atomic mass is 35.5. The standard InChI is InChI=1S/C8H10Cl2O3/c9-4-3-7(10)2-1-5-13-6-8(11)12/h1,3-5,7H,2,6H2,(H,11,12). The SMILES string of the molecule is O=C(O)COC=CCC(Cl)C=CCl. The van der Waals surface area contributed by atoms with Crippen LogP contribution in [0.3, 0.4) is 0 Å². The van der Waals surface area contributed by atoms with Gasteiger partial charge in [0, 0.05) is 5.54 Å². The summed E-state index contributed by atoms with van der Waals surface area (Å²) in [6.45, 7) is -0.338. The van der Waals surface area contributed by atoms with Gasteiger partial charge in [0.1, 0.15) is 0 Å². The number of aliphatic carboxylic acids is 1. The first-order valence-electron chi connectivity index (χ1n) is 3.56. The van der Waals surface area contributed by atoms with E-state index in [2.05, 4.69) is 4.74 Å². The molecule has 0 fully saturated rings. The van der Waals surface area contributed by atoms with Crippen LogP contribution in [0.4, 0.5) is 0 Å². The van der Waals surface area contributed by atoms with Gasteiger partial charge in [-0.05, 0) is 12.5 Å². The molecule has 0 heterocycles. The second-order valence-electron chi connectivity index (χ2n) is 2.15. The first kappa shape index (κ1) is 12.3. The Balaban J connectivity index is 3.46. The van der Waals surface area contributed by atoms with Crippen molar-refractivity contribution in [3.63, 3.8) is 0 Å². The van der Waals surface area contributed by atoms with E-state index in [4.69, 9.17) is 28.3 Å². The van der Waals surface area contributed by atoms with Crippen molar-refractivity contribution < 1.29 is 14.6 Å². The first-order chi connectivity index (χ1) is 6.16. The van der Waals surface area contributed by atoms with E-state index in [1.165, 1.54) is 11.8 Å². The van der Waals surface area contributed by atoms with Gasteiger partial charge < -0.3 is 9.84 Å². The van der Waals surface area contributed by atoms with Crippen molar-refractivity contribution >= 4 is 29.2 Å². The Labute approximate surface area is 86.6 Å². The van der Waals surface area contributed by atoms with Gasteiger partial charge in [-0.25, -0.2) is 4.79 Å². The van der Waals surface area contributed by atoms with Crippen LogP contribution in [0.2, 0.25) is 0 Å². The van der Waals surface area contributed by atoms with Crippen LogP contribution in [0.15, 0.2) is 23.9 Å². The maximum atomic E-state index is 9.99. The summed E-state index contributed by atoms with van der Waals surface area (Å²) in [5, 5.41) is 8.00.